The third kappa shape index (κ3) is 3.09. The fraction of sp³-hybridized carbons (Fsp3) is 0.583. The molecule has 0 aliphatic carbocycles. The Labute approximate surface area is 106 Å². The lowest BCUT2D eigenvalue weighted by molar-refractivity contribution is -0.156. The zero-order valence-electron chi connectivity index (χ0n) is 10.8. The van der Waals surface area contributed by atoms with E-state index in [0.29, 0.717) is 12.8 Å². The van der Waals surface area contributed by atoms with Crippen molar-refractivity contribution >= 4 is 11.9 Å². The van der Waals surface area contributed by atoms with Gasteiger partial charge >= 0.3 is 11.9 Å². The van der Waals surface area contributed by atoms with E-state index in [2.05, 4.69) is 4.98 Å². The summed E-state index contributed by atoms with van der Waals surface area (Å²) in [6, 6.07) is 0. The molecule has 0 aliphatic heterocycles. The molecule has 1 aromatic rings. The molecule has 0 spiro atoms. The third-order valence-corrected chi connectivity index (χ3v) is 3.09. The largest absolute Gasteiger partial charge is 0.481 e. The molecule has 6 nitrogen and oxygen atoms in total. The van der Waals surface area contributed by atoms with Crippen LogP contribution in [0.1, 0.15) is 19.0 Å². The van der Waals surface area contributed by atoms with Crippen LogP contribution >= 0.6 is 0 Å². The van der Waals surface area contributed by atoms with Crippen LogP contribution in [-0.4, -0.2) is 33.7 Å². The molecule has 0 fully saturated rings. The molecule has 0 saturated carbocycles. The van der Waals surface area contributed by atoms with Crippen LogP contribution in [0.2, 0.25) is 0 Å². The standard InChI is InChI=1S/C12H18N2O4/c1-4-9(11(15)16)10(12(17)18-3)5-8-6-13-7-14(8)2/h6-7,9-10H,4-5H2,1-3H3,(H,15,16). The normalized spacial score (nSPS) is 13.9. The van der Waals surface area contributed by atoms with Crippen molar-refractivity contribution in [3.05, 3.63) is 18.2 Å². The highest BCUT2D eigenvalue weighted by molar-refractivity contribution is 5.81. The van der Waals surface area contributed by atoms with E-state index in [-0.39, 0.29) is 0 Å². The first-order valence-corrected chi connectivity index (χ1v) is 5.77. The van der Waals surface area contributed by atoms with Gasteiger partial charge in [0.1, 0.15) is 0 Å². The average molecular weight is 254 g/mol. The van der Waals surface area contributed by atoms with Gasteiger partial charge in [0, 0.05) is 25.4 Å². The van der Waals surface area contributed by atoms with Crippen LogP contribution in [0.25, 0.3) is 0 Å². The number of esters is 1. The van der Waals surface area contributed by atoms with Crippen LogP contribution < -0.4 is 0 Å². The minimum atomic E-state index is -0.977. The lowest BCUT2D eigenvalue weighted by atomic mass is 9.86. The van der Waals surface area contributed by atoms with Gasteiger partial charge in [-0.15, -0.1) is 0 Å². The van der Waals surface area contributed by atoms with Crippen molar-refractivity contribution in [3.8, 4) is 0 Å². The van der Waals surface area contributed by atoms with Crippen LogP contribution in [-0.2, 0) is 27.8 Å². The lowest BCUT2D eigenvalue weighted by Gasteiger charge is -2.20. The number of ether oxygens (including phenoxy) is 1. The fourth-order valence-electron chi connectivity index (χ4n) is 1.98. The van der Waals surface area contributed by atoms with E-state index in [1.54, 1.807) is 31.1 Å². The summed E-state index contributed by atoms with van der Waals surface area (Å²) in [6.07, 6.45) is 3.94. The molecule has 0 bridgehead atoms. The van der Waals surface area contributed by atoms with E-state index in [1.807, 2.05) is 0 Å². The molecular formula is C12H18N2O4. The number of methoxy groups -OCH3 is 1. The molecule has 2 atom stereocenters. The van der Waals surface area contributed by atoms with E-state index < -0.39 is 23.8 Å². The first kappa shape index (κ1) is 14.2. The zero-order valence-corrected chi connectivity index (χ0v) is 10.8. The highest BCUT2D eigenvalue weighted by Gasteiger charge is 2.33. The summed E-state index contributed by atoms with van der Waals surface area (Å²) in [6.45, 7) is 1.75. The van der Waals surface area contributed by atoms with Crippen molar-refractivity contribution in [2.75, 3.05) is 7.11 Å². The SMILES string of the molecule is CCC(C(=O)O)C(Cc1cncn1C)C(=O)OC. The summed E-state index contributed by atoms with van der Waals surface area (Å²) in [5.74, 6) is -2.90. The minimum Gasteiger partial charge on any atom is -0.481 e. The summed E-state index contributed by atoms with van der Waals surface area (Å²) in [5, 5.41) is 9.16. The van der Waals surface area contributed by atoms with Crippen molar-refractivity contribution < 1.29 is 19.4 Å². The van der Waals surface area contributed by atoms with E-state index in [0.717, 1.165) is 5.69 Å². The maximum Gasteiger partial charge on any atom is 0.309 e. The Bertz CT molecular complexity index is 427. The topological polar surface area (TPSA) is 81.4 Å². The molecule has 1 aromatic heterocycles. The van der Waals surface area contributed by atoms with Crippen LogP contribution in [0.15, 0.2) is 12.5 Å². The number of aliphatic carboxylic acids is 1. The number of carboxylic acids is 1. The van der Waals surface area contributed by atoms with Gasteiger partial charge in [0.2, 0.25) is 0 Å². The summed E-state index contributed by atoms with van der Waals surface area (Å²) in [7, 11) is 3.07. The molecule has 1 rings (SSSR count). The Hall–Kier alpha value is -1.85. The van der Waals surface area contributed by atoms with Crippen molar-refractivity contribution in [2.45, 2.75) is 19.8 Å². The van der Waals surface area contributed by atoms with Gasteiger partial charge in [0.05, 0.1) is 25.3 Å². The number of nitrogens with zero attached hydrogens (tertiary/aromatic N) is 2. The van der Waals surface area contributed by atoms with E-state index in [1.165, 1.54) is 7.11 Å². The van der Waals surface area contributed by atoms with Crippen LogP contribution in [0.5, 0.6) is 0 Å². The number of rotatable bonds is 6. The fourth-order valence-corrected chi connectivity index (χ4v) is 1.98. The number of hydrogen-bond donors (Lipinski definition) is 1. The Morgan fingerprint density at radius 1 is 1.50 bits per heavy atom. The first-order valence-electron chi connectivity index (χ1n) is 5.77. The second-order valence-electron chi connectivity index (χ2n) is 4.18. The summed E-state index contributed by atoms with van der Waals surface area (Å²) in [4.78, 5) is 26.9. The number of carbonyl (C=O) groups excluding carboxylic acids is 1. The molecule has 0 amide bonds. The van der Waals surface area contributed by atoms with Gasteiger partial charge < -0.3 is 14.4 Å². The summed E-state index contributed by atoms with van der Waals surface area (Å²) in [5.41, 5.74) is 0.810. The van der Waals surface area contributed by atoms with Gasteiger partial charge in [0.25, 0.3) is 0 Å². The maximum atomic E-state index is 11.7. The molecule has 1 heterocycles. The predicted molar refractivity (Wildman–Crippen MR) is 63.8 cm³/mol. The van der Waals surface area contributed by atoms with Crippen LogP contribution in [0.4, 0.5) is 0 Å². The molecule has 18 heavy (non-hydrogen) atoms. The number of aryl methyl sites for hydroxylation is 1. The van der Waals surface area contributed by atoms with Crippen molar-refractivity contribution in [2.24, 2.45) is 18.9 Å². The second kappa shape index (κ2) is 6.18. The van der Waals surface area contributed by atoms with Gasteiger partial charge in [-0.3, -0.25) is 9.59 Å². The molecule has 100 valence electrons. The number of carboxylic acid groups (broad SMARTS) is 1. The van der Waals surface area contributed by atoms with Gasteiger partial charge in [-0.25, -0.2) is 4.98 Å². The predicted octanol–water partition coefficient (Wildman–Crippen LogP) is 0.863. The number of imidazole rings is 1. The highest BCUT2D eigenvalue weighted by Crippen LogP contribution is 2.22. The van der Waals surface area contributed by atoms with Gasteiger partial charge in [-0.1, -0.05) is 6.92 Å². The maximum absolute atomic E-state index is 11.7. The third-order valence-electron chi connectivity index (χ3n) is 3.09. The molecule has 0 aliphatic rings. The van der Waals surface area contributed by atoms with Gasteiger partial charge in [-0.2, -0.15) is 0 Å². The summed E-state index contributed by atoms with van der Waals surface area (Å²) >= 11 is 0. The van der Waals surface area contributed by atoms with Gasteiger partial charge in [-0.05, 0) is 6.42 Å². The van der Waals surface area contributed by atoms with Gasteiger partial charge in [0.15, 0.2) is 0 Å². The lowest BCUT2D eigenvalue weighted by Crippen LogP contribution is -2.32. The Kier molecular flexibility index (Phi) is 4.88. The van der Waals surface area contributed by atoms with E-state index in [9.17, 15) is 9.59 Å². The zero-order chi connectivity index (χ0) is 13.7. The Morgan fingerprint density at radius 2 is 2.17 bits per heavy atom. The van der Waals surface area contributed by atoms with Crippen LogP contribution in [0.3, 0.4) is 0 Å². The van der Waals surface area contributed by atoms with E-state index >= 15 is 0 Å². The second-order valence-corrected chi connectivity index (χ2v) is 4.18. The number of aromatic nitrogens is 2. The molecule has 2 unspecified atom stereocenters. The molecule has 0 radical (unpaired) electrons. The smallest absolute Gasteiger partial charge is 0.309 e. The Balaban J connectivity index is 2.95. The van der Waals surface area contributed by atoms with Crippen molar-refractivity contribution in [1.29, 1.82) is 0 Å². The molecule has 0 aromatic carbocycles. The van der Waals surface area contributed by atoms with Crippen molar-refractivity contribution in [1.82, 2.24) is 9.55 Å². The summed E-state index contributed by atoms with van der Waals surface area (Å²) < 4.78 is 6.47. The molecule has 6 heteroatoms. The minimum absolute atomic E-state index is 0.313. The van der Waals surface area contributed by atoms with E-state index in [4.69, 9.17) is 9.84 Å². The van der Waals surface area contributed by atoms with Crippen LogP contribution in [0, 0.1) is 11.8 Å². The first-order chi connectivity index (χ1) is 8.51. The Morgan fingerprint density at radius 3 is 2.56 bits per heavy atom. The number of hydrogen-bond acceptors (Lipinski definition) is 4. The molecule has 1 N–H and O–H groups in total. The average Bonchev–Trinajstić information content (AvgIpc) is 2.73. The van der Waals surface area contributed by atoms with Crippen molar-refractivity contribution in [3.63, 3.8) is 0 Å². The highest BCUT2D eigenvalue weighted by atomic mass is 16.5. The molecular weight excluding hydrogens is 236 g/mol. The molecule has 0 saturated heterocycles. The quantitative estimate of drug-likeness (QED) is 0.761. The monoisotopic (exact) mass is 254 g/mol. The number of carbonyl (C=O) groups is 2.